The first-order valence-corrected chi connectivity index (χ1v) is 7.60. The van der Waals surface area contributed by atoms with Gasteiger partial charge in [-0.1, -0.05) is 36.9 Å². The van der Waals surface area contributed by atoms with Crippen molar-refractivity contribution in [2.45, 2.75) is 31.5 Å². The molecule has 5 nitrogen and oxygen atoms in total. The van der Waals surface area contributed by atoms with Crippen molar-refractivity contribution >= 4 is 17.7 Å². The standard InChI is InChI=1S/C14H16FN3O2S/c1-2-12-16-17-14(21-9-13(19)20)18(12)8-7-10-5-3-4-6-11(10)15/h3-6H,2,7-9H2,1H3,(H,19,20). The van der Waals surface area contributed by atoms with Gasteiger partial charge in [-0.2, -0.15) is 0 Å². The minimum atomic E-state index is -0.901. The molecule has 2 aromatic rings. The molecule has 1 N–H and O–H groups in total. The summed E-state index contributed by atoms with van der Waals surface area (Å²) in [6.07, 6.45) is 1.20. The van der Waals surface area contributed by atoms with Crippen LogP contribution in [0.4, 0.5) is 4.39 Å². The molecule has 0 fully saturated rings. The van der Waals surface area contributed by atoms with E-state index in [4.69, 9.17) is 5.11 Å². The van der Waals surface area contributed by atoms with Gasteiger partial charge in [0.05, 0.1) is 5.75 Å². The number of thioether (sulfide) groups is 1. The van der Waals surface area contributed by atoms with Crippen LogP contribution in [0.5, 0.6) is 0 Å². The summed E-state index contributed by atoms with van der Waals surface area (Å²) < 4.78 is 15.5. The molecule has 0 saturated carbocycles. The van der Waals surface area contributed by atoms with Crippen LogP contribution in [0.2, 0.25) is 0 Å². The Hall–Kier alpha value is -1.89. The molecule has 2 rings (SSSR count). The fourth-order valence-electron chi connectivity index (χ4n) is 1.97. The smallest absolute Gasteiger partial charge is 0.313 e. The molecule has 0 aliphatic rings. The number of nitrogens with zero attached hydrogens (tertiary/aromatic N) is 3. The Kier molecular flexibility index (Phi) is 5.32. The Morgan fingerprint density at radius 2 is 2.14 bits per heavy atom. The van der Waals surface area contributed by atoms with Crippen LogP contribution in [0.25, 0.3) is 0 Å². The highest BCUT2D eigenvalue weighted by atomic mass is 32.2. The zero-order valence-electron chi connectivity index (χ0n) is 11.6. The predicted octanol–water partition coefficient (Wildman–Crippen LogP) is 2.40. The van der Waals surface area contributed by atoms with Crippen LogP contribution in [-0.4, -0.2) is 31.6 Å². The Bertz CT molecular complexity index is 630. The van der Waals surface area contributed by atoms with Crippen LogP contribution in [0.3, 0.4) is 0 Å². The average molecular weight is 309 g/mol. The summed E-state index contributed by atoms with van der Waals surface area (Å²) >= 11 is 1.13. The monoisotopic (exact) mass is 309 g/mol. The number of aromatic nitrogens is 3. The molecule has 0 aliphatic carbocycles. The maximum Gasteiger partial charge on any atom is 0.313 e. The van der Waals surface area contributed by atoms with Crippen molar-refractivity contribution in [3.05, 3.63) is 41.5 Å². The van der Waals surface area contributed by atoms with E-state index in [1.165, 1.54) is 6.07 Å². The van der Waals surface area contributed by atoms with E-state index in [1.54, 1.807) is 18.2 Å². The van der Waals surface area contributed by atoms with Crippen molar-refractivity contribution in [1.82, 2.24) is 14.8 Å². The summed E-state index contributed by atoms with van der Waals surface area (Å²) in [6.45, 7) is 2.48. The summed E-state index contributed by atoms with van der Waals surface area (Å²) in [5.74, 6) is -0.425. The third-order valence-electron chi connectivity index (χ3n) is 3.00. The van der Waals surface area contributed by atoms with E-state index in [-0.39, 0.29) is 11.6 Å². The number of hydrogen-bond acceptors (Lipinski definition) is 4. The molecule has 1 aromatic heterocycles. The highest BCUT2D eigenvalue weighted by Crippen LogP contribution is 2.18. The summed E-state index contributed by atoms with van der Waals surface area (Å²) in [7, 11) is 0. The van der Waals surface area contributed by atoms with Crippen LogP contribution in [0, 0.1) is 5.82 Å². The minimum Gasteiger partial charge on any atom is -0.481 e. The number of aryl methyl sites for hydroxylation is 2. The molecule has 0 amide bonds. The van der Waals surface area contributed by atoms with Gasteiger partial charge in [0, 0.05) is 13.0 Å². The normalized spacial score (nSPS) is 10.8. The molecule has 0 atom stereocenters. The van der Waals surface area contributed by atoms with Crippen molar-refractivity contribution in [1.29, 1.82) is 0 Å². The van der Waals surface area contributed by atoms with Gasteiger partial charge in [-0.05, 0) is 18.1 Å². The first-order chi connectivity index (χ1) is 10.1. The number of carbonyl (C=O) groups is 1. The zero-order valence-corrected chi connectivity index (χ0v) is 12.4. The van der Waals surface area contributed by atoms with Crippen molar-refractivity contribution < 1.29 is 14.3 Å². The number of halogens is 1. The molecular weight excluding hydrogens is 293 g/mol. The van der Waals surface area contributed by atoms with Gasteiger partial charge >= 0.3 is 5.97 Å². The van der Waals surface area contributed by atoms with Gasteiger partial charge in [0.2, 0.25) is 0 Å². The summed E-state index contributed by atoms with van der Waals surface area (Å²) in [6, 6.07) is 6.63. The van der Waals surface area contributed by atoms with Crippen molar-refractivity contribution in [2.75, 3.05) is 5.75 Å². The van der Waals surface area contributed by atoms with Crippen LogP contribution in [-0.2, 0) is 24.2 Å². The third kappa shape index (κ3) is 4.04. The highest BCUT2D eigenvalue weighted by Gasteiger charge is 2.13. The molecule has 0 bridgehead atoms. The second-order valence-electron chi connectivity index (χ2n) is 4.43. The Morgan fingerprint density at radius 1 is 1.38 bits per heavy atom. The molecule has 0 aliphatic heterocycles. The second kappa shape index (κ2) is 7.21. The van der Waals surface area contributed by atoms with E-state index in [9.17, 15) is 9.18 Å². The molecule has 0 saturated heterocycles. The number of aliphatic carboxylic acids is 1. The van der Waals surface area contributed by atoms with E-state index in [0.717, 1.165) is 17.6 Å². The van der Waals surface area contributed by atoms with Gasteiger partial charge in [0.25, 0.3) is 0 Å². The van der Waals surface area contributed by atoms with E-state index >= 15 is 0 Å². The topological polar surface area (TPSA) is 68.0 Å². The molecule has 1 heterocycles. The SMILES string of the molecule is CCc1nnc(SCC(=O)O)n1CCc1ccccc1F. The van der Waals surface area contributed by atoms with Gasteiger partial charge in [0.1, 0.15) is 11.6 Å². The summed E-state index contributed by atoms with van der Waals surface area (Å²) in [4.78, 5) is 10.7. The second-order valence-corrected chi connectivity index (χ2v) is 5.37. The molecule has 1 aromatic carbocycles. The molecule has 7 heteroatoms. The van der Waals surface area contributed by atoms with Crippen LogP contribution in [0.1, 0.15) is 18.3 Å². The maximum absolute atomic E-state index is 13.6. The fraction of sp³-hybridized carbons (Fsp3) is 0.357. The van der Waals surface area contributed by atoms with E-state index in [2.05, 4.69) is 10.2 Å². The predicted molar refractivity (Wildman–Crippen MR) is 77.9 cm³/mol. The molecule has 0 unspecified atom stereocenters. The van der Waals surface area contributed by atoms with Crippen molar-refractivity contribution in [3.8, 4) is 0 Å². The zero-order chi connectivity index (χ0) is 15.2. The fourth-order valence-corrected chi connectivity index (χ4v) is 2.68. The minimum absolute atomic E-state index is 0.0679. The Morgan fingerprint density at radius 3 is 2.81 bits per heavy atom. The third-order valence-corrected chi connectivity index (χ3v) is 3.95. The molecular formula is C14H16FN3O2S. The van der Waals surface area contributed by atoms with Gasteiger partial charge < -0.3 is 9.67 Å². The van der Waals surface area contributed by atoms with Crippen LogP contribution in [0.15, 0.2) is 29.4 Å². The molecule has 0 radical (unpaired) electrons. The Labute approximate surface area is 126 Å². The lowest BCUT2D eigenvalue weighted by molar-refractivity contribution is -0.133. The summed E-state index contributed by atoms with van der Waals surface area (Å²) in [5.41, 5.74) is 0.627. The van der Waals surface area contributed by atoms with Crippen molar-refractivity contribution in [3.63, 3.8) is 0 Å². The molecule has 112 valence electrons. The van der Waals surface area contributed by atoms with Crippen LogP contribution < -0.4 is 0 Å². The average Bonchev–Trinajstić information content (AvgIpc) is 2.86. The van der Waals surface area contributed by atoms with Gasteiger partial charge in [0.15, 0.2) is 5.16 Å². The van der Waals surface area contributed by atoms with Crippen LogP contribution >= 0.6 is 11.8 Å². The lowest BCUT2D eigenvalue weighted by Crippen LogP contribution is -2.09. The van der Waals surface area contributed by atoms with E-state index in [1.807, 2.05) is 11.5 Å². The first kappa shape index (κ1) is 15.5. The van der Waals surface area contributed by atoms with Crippen molar-refractivity contribution in [2.24, 2.45) is 0 Å². The van der Waals surface area contributed by atoms with Gasteiger partial charge in [-0.25, -0.2) is 4.39 Å². The largest absolute Gasteiger partial charge is 0.481 e. The van der Waals surface area contributed by atoms with E-state index in [0.29, 0.717) is 30.1 Å². The Balaban J connectivity index is 2.12. The quantitative estimate of drug-likeness (QED) is 0.795. The van der Waals surface area contributed by atoms with Gasteiger partial charge in [-0.3, -0.25) is 4.79 Å². The maximum atomic E-state index is 13.6. The van der Waals surface area contributed by atoms with E-state index < -0.39 is 5.97 Å². The lowest BCUT2D eigenvalue weighted by Gasteiger charge is -2.09. The number of carboxylic acid groups (broad SMARTS) is 1. The summed E-state index contributed by atoms with van der Waals surface area (Å²) in [5, 5.41) is 17.4. The number of carboxylic acids is 1. The molecule has 21 heavy (non-hydrogen) atoms. The molecule has 0 spiro atoms. The lowest BCUT2D eigenvalue weighted by atomic mass is 10.1. The number of hydrogen-bond donors (Lipinski definition) is 1. The highest BCUT2D eigenvalue weighted by molar-refractivity contribution is 7.99. The van der Waals surface area contributed by atoms with Gasteiger partial charge in [-0.15, -0.1) is 10.2 Å². The first-order valence-electron chi connectivity index (χ1n) is 6.62. The number of rotatable bonds is 7. The number of benzene rings is 1.